The van der Waals surface area contributed by atoms with Crippen molar-refractivity contribution >= 4 is 11.8 Å². The number of carbonyl (C=O) groups is 2. The third kappa shape index (κ3) is 4.02. The first-order valence-corrected chi connectivity index (χ1v) is 14.6. The van der Waals surface area contributed by atoms with Crippen LogP contribution < -0.4 is 0 Å². The van der Waals surface area contributed by atoms with Gasteiger partial charge in [-0.3, -0.25) is 9.59 Å². The Bertz CT molecular complexity index is 1130. The zero-order valence-corrected chi connectivity index (χ0v) is 24.0. The molecule has 4 saturated carbocycles. The van der Waals surface area contributed by atoms with Crippen LogP contribution >= 0.6 is 0 Å². The molecular formula is C33H46O5. The van der Waals surface area contributed by atoms with E-state index in [-0.39, 0.29) is 51.9 Å². The molecule has 0 aliphatic heterocycles. The highest BCUT2D eigenvalue weighted by atomic mass is 16.5. The zero-order valence-electron chi connectivity index (χ0n) is 24.0. The second kappa shape index (κ2) is 9.59. The lowest BCUT2D eigenvalue weighted by Crippen LogP contribution is -2.65. The summed E-state index contributed by atoms with van der Waals surface area (Å²) in [7, 11) is 0. The molecule has 4 aliphatic carbocycles. The molecule has 4 fully saturated rings. The van der Waals surface area contributed by atoms with Crippen molar-refractivity contribution in [1.82, 2.24) is 0 Å². The third-order valence-electron chi connectivity index (χ3n) is 12.0. The van der Waals surface area contributed by atoms with E-state index in [1.807, 2.05) is 30.3 Å². The fourth-order valence-electron chi connectivity index (χ4n) is 10.1. The van der Waals surface area contributed by atoms with Crippen LogP contribution in [-0.4, -0.2) is 40.3 Å². The molecule has 0 saturated heterocycles. The van der Waals surface area contributed by atoms with E-state index in [4.69, 9.17) is 4.74 Å². The molecule has 0 bridgehead atoms. The van der Waals surface area contributed by atoms with Crippen LogP contribution in [0.3, 0.4) is 0 Å². The number of esters is 1. The van der Waals surface area contributed by atoms with Gasteiger partial charge < -0.3 is 14.9 Å². The topological polar surface area (TPSA) is 83.8 Å². The van der Waals surface area contributed by atoms with Gasteiger partial charge in [-0.2, -0.15) is 0 Å². The number of hydrogen-bond donors (Lipinski definition) is 2. The van der Waals surface area contributed by atoms with Gasteiger partial charge in [0.15, 0.2) is 5.78 Å². The van der Waals surface area contributed by atoms with Crippen LogP contribution in [0.15, 0.2) is 41.5 Å². The maximum absolute atomic E-state index is 13.2. The highest BCUT2D eigenvalue weighted by molar-refractivity contribution is 5.95. The Hall–Kier alpha value is -1.98. The predicted octanol–water partition coefficient (Wildman–Crippen LogP) is 5.67. The summed E-state index contributed by atoms with van der Waals surface area (Å²) in [5.74, 6) is 0.350. The number of Topliss-reactive ketones (excluding diaryl/α,β-unsaturated/α-hetero) is 1. The molecule has 208 valence electrons. The van der Waals surface area contributed by atoms with E-state index in [2.05, 4.69) is 27.7 Å². The SMILES string of the molecule is CC(=O)O[C@H]1C[C@@]2(C)C(C[C@@H](O)[C@H]3[C@@]4(C)CC[C@@H](O)[C@@H](C)[C@@H]4CC[C@@]32C)/C1=C(\Cc1ccccc1)C(C)=O. The molecule has 0 aromatic heterocycles. The maximum Gasteiger partial charge on any atom is 0.303 e. The second-order valence-electron chi connectivity index (χ2n) is 13.7. The normalized spacial score (nSPS) is 45.4. The lowest BCUT2D eigenvalue weighted by Gasteiger charge is -2.69. The van der Waals surface area contributed by atoms with E-state index in [0.717, 1.165) is 42.4 Å². The molecule has 5 heteroatoms. The fraction of sp³-hybridized carbons (Fsp3) is 0.697. The standard InChI is InChI=1S/C33H46O5/c1-19-24-12-15-32(5)30(31(24,4)14-13-26(19)36)27(37)17-25-29(28(38-21(3)35)18-33(25,32)6)23(20(2)34)16-22-10-8-7-9-11-22/h7-11,19,24-28,30,36-37H,12-18H2,1-6H3/b29-23-/t19-,24-,25?,26+,27+,28-,30-,31-,32-,33-/m0/s1. The second-order valence-corrected chi connectivity index (χ2v) is 13.7. The Morgan fingerprint density at radius 2 is 1.66 bits per heavy atom. The monoisotopic (exact) mass is 522 g/mol. The van der Waals surface area contributed by atoms with E-state index in [1.54, 1.807) is 6.92 Å². The Kier molecular flexibility index (Phi) is 6.96. The number of ether oxygens (including phenoxy) is 1. The van der Waals surface area contributed by atoms with Crippen molar-refractivity contribution < 1.29 is 24.5 Å². The molecule has 0 heterocycles. The van der Waals surface area contributed by atoms with E-state index in [0.29, 0.717) is 25.2 Å². The molecule has 1 unspecified atom stereocenters. The van der Waals surface area contributed by atoms with E-state index in [1.165, 1.54) is 6.92 Å². The van der Waals surface area contributed by atoms with Crippen LogP contribution in [0.2, 0.25) is 0 Å². The van der Waals surface area contributed by atoms with Crippen molar-refractivity contribution in [2.75, 3.05) is 0 Å². The van der Waals surface area contributed by atoms with Gasteiger partial charge in [-0.05, 0) is 96.5 Å². The van der Waals surface area contributed by atoms with Gasteiger partial charge in [-0.25, -0.2) is 0 Å². The Morgan fingerprint density at radius 1 is 0.974 bits per heavy atom. The summed E-state index contributed by atoms with van der Waals surface area (Å²) in [5, 5.41) is 22.7. The van der Waals surface area contributed by atoms with Crippen LogP contribution in [0.5, 0.6) is 0 Å². The molecule has 1 aromatic carbocycles. The van der Waals surface area contributed by atoms with Gasteiger partial charge in [0, 0.05) is 18.9 Å². The summed E-state index contributed by atoms with van der Waals surface area (Å²) in [5.41, 5.74) is 2.27. The number of ketones is 1. The third-order valence-corrected chi connectivity index (χ3v) is 12.0. The van der Waals surface area contributed by atoms with Gasteiger partial charge in [0.2, 0.25) is 0 Å². The van der Waals surface area contributed by atoms with Gasteiger partial charge in [0.05, 0.1) is 12.2 Å². The molecule has 38 heavy (non-hydrogen) atoms. The summed E-state index contributed by atoms with van der Waals surface area (Å²) in [6.07, 6.45) is 4.21. The number of carbonyl (C=O) groups excluding carboxylic acids is 2. The quantitative estimate of drug-likeness (QED) is 0.393. The van der Waals surface area contributed by atoms with E-state index in [9.17, 15) is 19.8 Å². The molecule has 0 spiro atoms. The first-order chi connectivity index (χ1) is 17.8. The number of allylic oxidation sites excluding steroid dienone is 1. The summed E-state index contributed by atoms with van der Waals surface area (Å²) in [6.45, 7) is 12.3. The number of aliphatic hydroxyl groups excluding tert-OH is 2. The van der Waals surface area contributed by atoms with Gasteiger partial charge in [0.25, 0.3) is 0 Å². The van der Waals surface area contributed by atoms with E-state index >= 15 is 0 Å². The van der Waals surface area contributed by atoms with Crippen LogP contribution in [-0.2, 0) is 20.7 Å². The average molecular weight is 523 g/mol. The van der Waals surface area contributed by atoms with Gasteiger partial charge in [0.1, 0.15) is 6.10 Å². The first-order valence-electron chi connectivity index (χ1n) is 14.6. The summed E-state index contributed by atoms with van der Waals surface area (Å²) >= 11 is 0. The molecule has 0 amide bonds. The van der Waals surface area contributed by atoms with Crippen molar-refractivity contribution in [1.29, 1.82) is 0 Å². The Balaban J connectivity index is 1.63. The van der Waals surface area contributed by atoms with Gasteiger partial charge in [-0.15, -0.1) is 0 Å². The fourth-order valence-corrected chi connectivity index (χ4v) is 10.1. The molecule has 2 N–H and O–H groups in total. The molecule has 5 rings (SSSR count). The molecule has 10 atom stereocenters. The number of hydrogen-bond acceptors (Lipinski definition) is 5. The van der Waals surface area contributed by atoms with Gasteiger partial charge >= 0.3 is 5.97 Å². The van der Waals surface area contributed by atoms with E-state index < -0.39 is 12.2 Å². The summed E-state index contributed by atoms with van der Waals surface area (Å²) in [4.78, 5) is 25.5. The molecule has 1 aromatic rings. The minimum Gasteiger partial charge on any atom is -0.458 e. The molecule has 0 radical (unpaired) electrons. The predicted molar refractivity (Wildman–Crippen MR) is 147 cm³/mol. The number of aliphatic hydroxyl groups is 2. The van der Waals surface area contributed by atoms with Gasteiger partial charge in [-0.1, -0.05) is 58.0 Å². The lowest BCUT2D eigenvalue weighted by molar-refractivity contribution is -0.234. The zero-order chi connectivity index (χ0) is 27.6. The van der Waals surface area contributed by atoms with Crippen molar-refractivity contribution in [2.24, 2.45) is 39.9 Å². The molecule has 5 nitrogen and oxygen atoms in total. The number of rotatable bonds is 4. The van der Waals surface area contributed by atoms with Crippen molar-refractivity contribution in [3.05, 3.63) is 47.0 Å². The van der Waals surface area contributed by atoms with Crippen LogP contribution in [0, 0.1) is 39.9 Å². The minimum atomic E-state index is -0.510. The Labute approximate surface area is 228 Å². The lowest BCUT2D eigenvalue weighted by atomic mass is 9.36. The maximum atomic E-state index is 13.2. The van der Waals surface area contributed by atoms with Crippen LogP contribution in [0.4, 0.5) is 0 Å². The summed E-state index contributed by atoms with van der Waals surface area (Å²) in [6, 6.07) is 10.0. The number of fused-ring (bicyclic) bond motifs is 5. The van der Waals surface area contributed by atoms with Crippen LogP contribution in [0.25, 0.3) is 0 Å². The average Bonchev–Trinajstić information content (AvgIpc) is 3.12. The largest absolute Gasteiger partial charge is 0.458 e. The number of benzene rings is 1. The first kappa shape index (κ1) is 27.6. The smallest absolute Gasteiger partial charge is 0.303 e. The van der Waals surface area contributed by atoms with Crippen molar-refractivity contribution in [2.45, 2.75) is 105 Å². The van der Waals surface area contributed by atoms with Crippen molar-refractivity contribution in [3.8, 4) is 0 Å². The Morgan fingerprint density at radius 3 is 2.29 bits per heavy atom. The summed E-state index contributed by atoms with van der Waals surface area (Å²) < 4.78 is 6.01. The highest BCUT2D eigenvalue weighted by Gasteiger charge is 2.70. The molecular weight excluding hydrogens is 476 g/mol. The highest BCUT2D eigenvalue weighted by Crippen LogP contribution is 2.74. The van der Waals surface area contributed by atoms with Crippen LogP contribution in [0.1, 0.15) is 85.6 Å². The molecule has 4 aliphatic rings. The minimum absolute atomic E-state index is 0.0118. The van der Waals surface area contributed by atoms with Crippen molar-refractivity contribution in [3.63, 3.8) is 0 Å².